The van der Waals surface area contributed by atoms with Gasteiger partial charge in [0.05, 0.1) is 23.4 Å². The molecule has 0 aliphatic carbocycles. The molecule has 1 atom stereocenters. The summed E-state index contributed by atoms with van der Waals surface area (Å²) >= 11 is 0. The highest BCUT2D eigenvalue weighted by atomic mass is 32.2. The summed E-state index contributed by atoms with van der Waals surface area (Å²) in [6.07, 6.45) is 6.08. The monoisotopic (exact) mass is 306 g/mol. The lowest BCUT2D eigenvalue weighted by Gasteiger charge is -2.09. The molecule has 0 bridgehead atoms. The maximum Gasteiger partial charge on any atom is 0.150 e. The van der Waals surface area contributed by atoms with Gasteiger partial charge in [-0.3, -0.25) is 10.1 Å². The zero-order chi connectivity index (χ0) is 14.7. The van der Waals surface area contributed by atoms with Crippen LogP contribution in [0.25, 0.3) is 11.3 Å². The summed E-state index contributed by atoms with van der Waals surface area (Å²) in [5.74, 6) is 0.857. The summed E-state index contributed by atoms with van der Waals surface area (Å²) in [7, 11) is -2.80. The van der Waals surface area contributed by atoms with Crippen molar-refractivity contribution in [3.63, 3.8) is 0 Å². The number of rotatable bonds is 5. The normalized spacial score (nSPS) is 20.7. The Morgan fingerprint density at radius 2 is 2.29 bits per heavy atom. The zero-order valence-electron chi connectivity index (χ0n) is 11.6. The second-order valence-electron chi connectivity index (χ2n) is 5.41. The Hall–Kier alpha value is -1.73. The minimum atomic E-state index is -2.80. The molecular formula is C14H18N4O2S. The van der Waals surface area contributed by atoms with Crippen LogP contribution in [-0.2, 0) is 16.4 Å². The molecule has 21 heavy (non-hydrogen) atoms. The first-order chi connectivity index (χ1) is 10.1. The molecule has 3 rings (SSSR count). The molecule has 1 unspecified atom stereocenters. The van der Waals surface area contributed by atoms with Crippen LogP contribution in [0.5, 0.6) is 0 Å². The van der Waals surface area contributed by atoms with Crippen LogP contribution in [0.15, 0.2) is 30.7 Å². The van der Waals surface area contributed by atoms with Crippen molar-refractivity contribution in [1.82, 2.24) is 20.5 Å². The van der Waals surface area contributed by atoms with Gasteiger partial charge in [0.25, 0.3) is 0 Å². The minimum absolute atomic E-state index is 0.226. The zero-order valence-corrected chi connectivity index (χ0v) is 12.4. The smallest absolute Gasteiger partial charge is 0.150 e. The molecule has 7 heteroatoms. The molecule has 0 radical (unpaired) electrons. The van der Waals surface area contributed by atoms with Gasteiger partial charge in [0.1, 0.15) is 0 Å². The number of H-pyrrole nitrogens is 1. The third-order valence-corrected chi connectivity index (χ3v) is 5.58. The van der Waals surface area contributed by atoms with E-state index in [2.05, 4.69) is 20.5 Å². The van der Waals surface area contributed by atoms with Crippen LogP contribution in [0.4, 0.5) is 0 Å². The lowest BCUT2D eigenvalue weighted by Crippen LogP contribution is -2.23. The highest BCUT2D eigenvalue weighted by Gasteiger charge is 2.27. The number of pyridine rings is 1. The van der Waals surface area contributed by atoms with Gasteiger partial charge < -0.3 is 5.32 Å². The highest BCUT2D eigenvalue weighted by Crippen LogP contribution is 2.20. The Labute approximate surface area is 123 Å². The van der Waals surface area contributed by atoms with E-state index in [0.29, 0.717) is 18.1 Å². The third-order valence-electron chi connectivity index (χ3n) is 3.74. The SMILES string of the molecule is O=S1(=O)CCC(CNCc2cn[nH]c2-c2cccnc2)C1. The van der Waals surface area contributed by atoms with Gasteiger partial charge in [-0.2, -0.15) is 5.10 Å². The first kappa shape index (κ1) is 14.2. The molecule has 0 amide bonds. The van der Waals surface area contributed by atoms with Crippen molar-refractivity contribution < 1.29 is 8.42 Å². The lowest BCUT2D eigenvalue weighted by atomic mass is 10.1. The first-order valence-electron chi connectivity index (χ1n) is 6.98. The summed E-state index contributed by atoms with van der Waals surface area (Å²) in [5.41, 5.74) is 3.01. The summed E-state index contributed by atoms with van der Waals surface area (Å²) in [4.78, 5) is 4.11. The fraction of sp³-hybridized carbons (Fsp3) is 0.429. The van der Waals surface area contributed by atoms with E-state index in [-0.39, 0.29) is 5.92 Å². The summed E-state index contributed by atoms with van der Waals surface area (Å²) in [5, 5.41) is 10.4. The maximum atomic E-state index is 11.4. The van der Waals surface area contributed by atoms with E-state index in [1.165, 1.54) is 0 Å². The topological polar surface area (TPSA) is 87.7 Å². The van der Waals surface area contributed by atoms with Crippen LogP contribution in [-0.4, -0.2) is 41.6 Å². The van der Waals surface area contributed by atoms with Gasteiger partial charge in [0.2, 0.25) is 0 Å². The van der Waals surface area contributed by atoms with Gasteiger partial charge >= 0.3 is 0 Å². The largest absolute Gasteiger partial charge is 0.312 e. The molecule has 2 aromatic rings. The van der Waals surface area contributed by atoms with Crippen molar-refractivity contribution in [3.8, 4) is 11.3 Å². The van der Waals surface area contributed by atoms with Crippen molar-refractivity contribution in [2.45, 2.75) is 13.0 Å². The summed E-state index contributed by atoms with van der Waals surface area (Å²) < 4.78 is 22.8. The van der Waals surface area contributed by atoms with Crippen LogP contribution >= 0.6 is 0 Å². The van der Waals surface area contributed by atoms with Gasteiger partial charge in [0.15, 0.2) is 9.84 Å². The van der Waals surface area contributed by atoms with Crippen molar-refractivity contribution in [3.05, 3.63) is 36.3 Å². The number of sulfone groups is 1. The molecular weight excluding hydrogens is 288 g/mol. The van der Waals surface area contributed by atoms with E-state index in [1.807, 2.05) is 12.1 Å². The first-order valence-corrected chi connectivity index (χ1v) is 8.80. The molecule has 0 spiro atoms. The number of hydrogen-bond donors (Lipinski definition) is 2. The van der Waals surface area contributed by atoms with Crippen LogP contribution < -0.4 is 5.32 Å². The van der Waals surface area contributed by atoms with Gasteiger partial charge in [-0.15, -0.1) is 0 Å². The molecule has 1 aliphatic heterocycles. The van der Waals surface area contributed by atoms with E-state index in [1.54, 1.807) is 18.6 Å². The van der Waals surface area contributed by atoms with Crippen LogP contribution in [0.3, 0.4) is 0 Å². The van der Waals surface area contributed by atoms with Crippen LogP contribution in [0, 0.1) is 5.92 Å². The van der Waals surface area contributed by atoms with Crippen LogP contribution in [0.1, 0.15) is 12.0 Å². The van der Waals surface area contributed by atoms with Crippen molar-refractivity contribution >= 4 is 9.84 Å². The van der Waals surface area contributed by atoms with Crippen LogP contribution in [0.2, 0.25) is 0 Å². The second-order valence-corrected chi connectivity index (χ2v) is 7.64. The van der Waals surface area contributed by atoms with E-state index in [0.717, 1.165) is 29.8 Å². The molecule has 0 saturated carbocycles. The van der Waals surface area contributed by atoms with Gasteiger partial charge in [0, 0.05) is 30.1 Å². The molecule has 112 valence electrons. The molecule has 6 nitrogen and oxygen atoms in total. The summed E-state index contributed by atoms with van der Waals surface area (Å²) in [6.45, 7) is 1.38. The number of nitrogens with one attached hydrogen (secondary N) is 2. The predicted octanol–water partition coefficient (Wildman–Crippen LogP) is 0.996. The number of nitrogens with zero attached hydrogens (tertiary/aromatic N) is 2. The van der Waals surface area contributed by atoms with Gasteiger partial charge in [-0.25, -0.2) is 8.42 Å². The average Bonchev–Trinajstić information content (AvgIpc) is 3.06. The minimum Gasteiger partial charge on any atom is -0.312 e. The molecule has 1 aliphatic rings. The number of hydrogen-bond acceptors (Lipinski definition) is 5. The molecule has 0 aromatic carbocycles. The fourth-order valence-corrected chi connectivity index (χ4v) is 4.51. The molecule has 2 aromatic heterocycles. The average molecular weight is 306 g/mol. The Morgan fingerprint density at radius 1 is 1.38 bits per heavy atom. The highest BCUT2D eigenvalue weighted by molar-refractivity contribution is 7.91. The Kier molecular flexibility index (Phi) is 4.03. The summed E-state index contributed by atoms with van der Waals surface area (Å²) in [6, 6.07) is 3.87. The molecule has 2 N–H and O–H groups in total. The Bertz CT molecular complexity index is 697. The van der Waals surface area contributed by atoms with E-state index in [4.69, 9.17) is 0 Å². The molecule has 3 heterocycles. The van der Waals surface area contributed by atoms with Crippen molar-refractivity contribution in [2.24, 2.45) is 5.92 Å². The predicted molar refractivity (Wildman–Crippen MR) is 80.3 cm³/mol. The Morgan fingerprint density at radius 3 is 3.00 bits per heavy atom. The van der Waals surface area contributed by atoms with Gasteiger partial charge in [-0.1, -0.05) is 0 Å². The van der Waals surface area contributed by atoms with Crippen molar-refractivity contribution in [1.29, 1.82) is 0 Å². The Balaban J connectivity index is 1.59. The lowest BCUT2D eigenvalue weighted by molar-refractivity contribution is 0.521. The van der Waals surface area contributed by atoms with E-state index in [9.17, 15) is 8.42 Å². The fourth-order valence-electron chi connectivity index (χ4n) is 2.65. The number of aromatic nitrogens is 3. The van der Waals surface area contributed by atoms with Gasteiger partial charge in [-0.05, 0) is 31.0 Å². The van der Waals surface area contributed by atoms with Crippen molar-refractivity contribution in [2.75, 3.05) is 18.1 Å². The van der Waals surface area contributed by atoms with E-state index >= 15 is 0 Å². The third kappa shape index (κ3) is 3.48. The molecule has 1 fully saturated rings. The standard InChI is InChI=1S/C14H18N4O2S/c19-21(20)5-3-11(10-21)6-16-8-13-9-17-18-14(13)12-2-1-4-15-7-12/h1-2,4,7,9,11,16H,3,5-6,8,10H2,(H,17,18). The maximum absolute atomic E-state index is 11.4. The molecule has 1 saturated heterocycles. The second kappa shape index (κ2) is 5.95. The van der Waals surface area contributed by atoms with E-state index < -0.39 is 9.84 Å². The number of aromatic amines is 1. The quantitative estimate of drug-likeness (QED) is 0.860.